The van der Waals surface area contributed by atoms with Crippen LogP contribution in [0, 0.1) is 5.92 Å². The van der Waals surface area contributed by atoms with Gasteiger partial charge in [0.2, 0.25) is 0 Å². The molecule has 3 rings (SSSR count). The third-order valence-corrected chi connectivity index (χ3v) is 4.77. The van der Waals surface area contributed by atoms with Crippen molar-refractivity contribution in [3.05, 3.63) is 36.2 Å². The molecule has 1 aliphatic heterocycles. The normalized spacial score (nSPS) is 18.9. The van der Waals surface area contributed by atoms with Gasteiger partial charge in [0, 0.05) is 31.0 Å². The zero-order chi connectivity index (χ0) is 16.2. The molecule has 2 aromatic heterocycles. The molecule has 3 heterocycles. The second kappa shape index (κ2) is 7.26. The van der Waals surface area contributed by atoms with Crippen LogP contribution in [0.3, 0.4) is 0 Å². The van der Waals surface area contributed by atoms with Crippen molar-refractivity contribution in [2.24, 2.45) is 5.92 Å². The van der Waals surface area contributed by atoms with Crippen LogP contribution < -0.4 is 0 Å². The zero-order valence-corrected chi connectivity index (χ0v) is 14.6. The fourth-order valence-corrected chi connectivity index (χ4v) is 3.47. The third-order valence-electron chi connectivity index (χ3n) is 4.77. The lowest BCUT2D eigenvalue weighted by Gasteiger charge is -2.20. The van der Waals surface area contributed by atoms with E-state index in [2.05, 4.69) is 59.7 Å². The van der Waals surface area contributed by atoms with Gasteiger partial charge in [0.05, 0.1) is 11.4 Å². The number of aryl methyl sites for hydroxylation is 1. The summed E-state index contributed by atoms with van der Waals surface area (Å²) >= 11 is 0. The Labute approximate surface area is 139 Å². The molecule has 1 atom stereocenters. The van der Waals surface area contributed by atoms with Gasteiger partial charge in [0.1, 0.15) is 0 Å². The highest BCUT2D eigenvalue weighted by atomic mass is 15.3. The summed E-state index contributed by atoms with van der Waals surface area (Å²) in [6.45, 7) is 10.1. The first-order valence-electron chi connectivity index (χ1n) is 8.89. The summed E-state index contributed by atoms with van der Waals surface area (Å²) in [6.07, 6.45) is 5.33. The highest BCUT2D eigenvalue weighted by Gasteiger charge is 2.24. The maximum absolute atomic E-state index is 4.91. The Morgan fingerprint density at radius 2 is 2.13 bits per heavy atom. The predicted molar refractivity (Wildman–Crippen MR) is 94.3 cm³/mol. The Bertz CT molecular complexity index is 632. The Morgan fingerprint density at radius 3 is 2.87 bits per heavy atom. The first-order valence-corrected chi connectivity index (χ1v) is 8.89. The molecule has 0 aliphatic carbocycles. The minimum Gasteiger partial charge on any atom is -0.301 e. The van der Waals surface area contributed by atoms with E-state index in [-0.39, 0.29) is 0 Å². The van der Waals surface area contributed by atoms with Gasteiger partial charge in [-0.3, -0.25) is 9.67 Å². The van der Waals surface area contributed by atoms with E-state index in [1.54, 1.807) is 0 Å². The smallest absolute Gasteiger partial charge is 0.0886 e. The van der Waals surface area contributed by atoms with Gasteiger partial charge in [0.15, 0.2) is 0 Å². The molecule has 0 unspecified atom stereocenters. The van der Waals surface area contributed by atoms with E-state index >= 15 is 0 Å². The summed E-state index contributed by atoms with van der Waals surface area (Å²) in [4.78, 5) is 7.49. The molecule has 23 heavy (non-hydrogen) atoms. The van der Waals surface area contributed by atoms with Crippen molar-refractivity contribution in [1.29, 1.82) is 0 Å². The number of likely N-dealkylation sites (tertiary alicyclic amines) is 1. The average molecular weight is 312 g/mol. The Balaban J connectivity index is 1.72. The summed E-state index contributed by atoms with van der Waals surface area (Å²) in [5, 5.41) is 4.41. The molecule has 0 N–H and O–H groups in total. The number of rotatable bonds is 6. The average Bonchev–Trinajstić information content (AvgIpc) is 3.17. The highest BCUT2D eigenvalue weighted by molar-refractivity contribution is 5.54. The van der Waals surface area contributed by atoms with Crippen LogP contribution in [0.2, 0.25) is 0 Å². The number of aromatic nitrogens is 3. The van der Waals surface area contributed by atoms with Gasteiger partial charge in [-0.1, -0.05) is 13.0 Å². The van der Waals surface area contributed by atoms with Crippen LogP contribution in [0.1, 0.15) is 39.3 Å². The van der Waals surface area contributed by atoms with Crippen molar-refractivity contribution in [2.45, 2.75) is 52.6 Å². The standard InChI is InChI=1S/C19H28N4/c1-4-11-23-19(8-10-20-23)18-7-5-6-17(21-18)13-16-9-12-22(14-16)15(2)3/h5-8,10,15-16H,4,9,11-14H2,1-3H3/t16-/m0/s1. The van der Waals surface area contributed by atoms with Crippen molar-refractivity contribution in [2.75, 3.05) is 13.1 Å². The SMILES string of the molecule is CCCn1nccc1-c1cccc(C[C@@H]2CCN(C(C)C)C2)n1. The number of hydrogen-bond acceptors (Lipinski definition) is 3. The van der Waals surface area contributed by atoms with Crippen LogP contribution in [0.25, 0.3) is 11.4 Å². The fraction of sp³-hybridized carbons (Fsp3) is 0.579. The molecular formula is C19H28N4. The molecule has 1 aliphatic rings. The zero-order valence-electron chi connectivity index (χ0n) is 14.6. The molecule has 0 amide bonds. The Hall–Kier alpha value is -1.68. The van der Waals surface area contributed by atoms with Crippen LogP contribution in [-0.4, -0.2) is 38.8 Å². The van der Waals surface area contributed by atoms with Crippen molar-refractivity contribution >= 4 is 0 Å². The number of nitrogens with zero attached hydrogens (tertiary/aromatic N) is 4. The van der Waals surface area contributed by atoms with E-state index in [1.807, 2.05) is 6.20 Å². The second-order valence-corrected chi connectivity index (χ2v) is 6.90. The summed E-state index contributed by atoms with van der Waals surface area (Å²) in [7, 11) is 0. The van der Waals surface area contributed by atoms with Crippen LogP contribution >= 0.6 is 0 Å². The first kappa shape index (κ1) is 16.2. The Morgan fingerprint density at radius 1 is 1.26 bits per heavy atom. The van der Waals surface area contributed by atoms with Crippen molar-refractivity contribution < 1.29 is 0 Å². The molecule has 4 heteroatoms. The maximum Gasteiger partial charge on any atom is 0.0886 e. The lowest BCUT2D eigenvalue weighted by molar-refractivity contribution is 0.265. The Kier molecular flexibility index (Phi) is 5.11. The molecule has 1 saturated heterocycles. The molecule has 2 aromatic rings. The van der Waals surface area contributed by atoms with E-state index < -0.39 is 0 Å². The predicted octanol–water partition coefficient (Wildman–Crippen LogP) is 3.63. The summed E-state index contributed by atoms with van der Waals surface area (Å²) < 4.78 is 2.06. The molecular weight excluding hydrogens is 284 g/mol. The van der Waals surface area contributed by atoms with Gasteiger partial charge in [-0.25, -0.2) is 0 Å². The molecule has 1 fully saturated rings. The molecule has 4 nitrogen and oxygen atoms in total. The van der Waals surface area contributed by atoms with Crippen molar-refractivity contribution in [3.8, 4) is 11.4 Å². The fourth-order valence-electron chi connectivity index (χ4n) is 3.47. The van der Waals surface area contributed by atoms with Gasteiger partial charge >= 0.3 is 0 Å². The molecule has 124 valence electrons. The quantitative estimate of drug-likeness (QED) is 0.817. The van der Waals surface area contributed by atoms with Gasteiger partial charge in [-0.2, -0.15) is 5.10 Å². The number of pyridine rings is 1. The van der Waals surface area contributed by atoms with Crippen LogP contribution in [0.5, 0.6) is 0 Å². The van der Waals surface area contributed by atoms with Gasteiger partial charge in [0.25, 0.3) is 0 Å². The molecule has 0 aromatic carbocycles. The maximum atomic E-state index is 4.91. The van der Waals surface area contributed by atoms with E-state index in [1.165, 1.54) is 25.2 Å². The van der Waals surface area contributed by atoms with E-state index in [0.717, 1.165) is 36.7 Å². The van der Waals surface area contributed by atoms with Crippen LogP contribution in [0.15, 0.2) is 30.5 Å². The van der Waals surface area contributed by atoms with Crippen molar-refractivity contribution in [3.63, 3.8) is 0 Å². The number of hydrogen-bond donors (Lipinski definition) is 0. The molecule has 0 bridgehead atoms. The summed E-state index contributed by atoms with van der Waals surface area (Å²) in [6, 6.07) is 9.13. The van der Waals surface area contributed by atoms with Gasteiger partial charge < -0.3 is 4.90 Å². The topological polar surface area (TPSA) is 34.0 Å². The van der Waals surface area contributed by atoms with Gasteiger partial charge in [-0.05, 0) is 63.8 Å². The molecule has 0 saturated carbocycles. The van der Waals surface area contributed by atoms with Crippen LogP contribution in [-0.2, 0) is 13.0 Å². The molecule has 0 radical (unpaired) electrons. The third kappa shape index (κ3) is 3.81. The van der Waals surface area contributed by atoms with E-state index in [0.29, 0.717) is 6.04 Å². The molecule has 0 spiro atoms. The lowest BCUT2D eigenvalue weighted by Crippen LogP contribution is -2.28. The highest BCUT2D eigenvalue weighted by Crippen LogP contribution is 2.23. The van der Waals surface area contributed by atoms with Crippen LogP contribution in [0.4, 0.5) is 0 Å². The monoisotopic (exact) mass is 312 g/mol. The summed E-state index contributed by atoms with van der Waals surface area (Å²) in [5.74, 6) is 0.737. The largest absolute Gasteiger partial charge is 0.301 e. The lowest BCUT2D eigenvalue weighted by atomic mass is 10.0. The van der Waals surface area contributed by atoms with Crippen molar-refractivity contribution in [1.82, 2.24) is 19.7 Å². The second-order valence-electron chi connectivity index (χ2n) is 6.90. The van der Waals surface area contributed by atoms with E-state index in [9.17, 15) is 0 Å². The van der Waals surface area contributed by atoms with E-state index in [4.69, 9.17) is 4.98 Å². The summed E-state index contributed by atoms with van der Waals surface area (Å²) in [5.41, 5.74) is 3.39. The first-order chi connectivity index (χ1) is 11.2. The minimum atomic E-state index is 0.655. The minimum absolute atomic E-state index is 0.655. The van der Waals surface area contributed by atoms with Gasteiger partial charge in [-0.15, -0.1) is 0 Å².